The Morgan fingerprint density at radius 3 is 0.864 bits per heavy atom. The average Bonchev–Trinajstić information content (AvgIpc) is 3.75. The fourth-order valence-corrected chi connectivity index (χ4v) is 15.0. The molecule has 6 atom stereocenters. The Bertz CT molecular complexity index is 1610. The standard InChI is InChI=1S/C40H36N2P2/c1-5-15-29(16-6-1)35-25-26-36(30-17-7-2-8-18-30)43(35)39-40(42-34-24-14-13-23-33(34)41-39)44-37(31-19-9-3-10-20-31)27-28-38(44)32-21-11-4-12-22-32/h1-24,35-38H,25-28H2/t35-,36?,37-,38?,43?,44?/m0/s1. The lowest BCUT2D eigenvalue weighted by Gasteiger charge is -2.32. The maximum Gasteiger partial charge on any atom is 0.0909 e. The molecule has 2 fully saturated rings. The van der Waals surface area contributed by atoms with Gasteiger partial charge in [0.15, 0.2) is 0 Å². The summed E-state index contributed by atoms with van der Waals surface area (Å²) >= 11 is 0. The first kappa shape index (κ1) is 27.8. The van der Waals surface area contributed by atoms with E-state index < -0.39 is 15.8 Å². The molecule has 1 aromatic heterocycles. The van der Waals surface area contributed by atoms with Crippen molar-refractivity contribution in [2.45, 2.75) is 48.3 Å². The van der Waals surface area contributed by atoms with Gasteiger partial charge in [-0.15, -0.1) is 0 Å². The molecule has 0 saturated carbocycles. The van der Waals surface area contributed by atoms with Gasteiger partial charge < -0.3 is 0 Å². The number of benzene rings is 5. The fraction of sp³-hybridized carbons (Fsp3) is 0.200. The van der Waals surface area contributed by atoms with Crippen LogP contribution in [0, 0.1) is 0 Å². The molecule has 216 valence electrons. The summed E-state index contributed by atoms with van der Waals surface area (Å²) in [6.07, 6.45) is 4.74. The lowest BCUT2D eigenvalue weighted by Crippen LogP contribution is -2.31. The molecule has 4 unspecified atom stereocenters. The van der Waals surface area contributed by atoms with Crippen LogP contribution in [0.25, 0.3) is 11.0 Å². The van der Waals surface area contributed by atoms with E-state index in [9.17, 15) is 0 Å². The van der Waals surface area contributed by atoms with E-state index in [1.165, 1.54) is 58.8 Å². The molecule has 44 heavy (non-hydrogen) atoms. The SMILES string of the molecule is c1ccc(C2CC[C@@H](c3ccccc3)P2c2nc3ccccc3nc2P2C(c3ccccc3)CC[C@H]2c2ccccc2)cc1. The van der Waals surface area contributed by atoms with Crippen molar-refractivity contribution in [2.24, 2.45) is 0 Å². The summed E-state index contributed by atoms with van der Waals surface area (Å²) in [7, 11) is -1.33. The van der Waals surface area contributed by atoms with Crippen molar-refractivity contribution in [1.82, 2.24) is 9.97 Å². The van der Waals surface area contributed by atoms with Crippen LogP contribution in [0.1, 0.15) is 70.6 Å². The van der Waals surface area contributed by atoms with Crippen LogP contribution < -0.4 is 10.9 Å². The molecule has 2 saturated heterocycles. The molecule has 5 aromatic carbocycles. The van der Waals surface area contributed by atoms with Gasteiger partial charge in [-0.25, -0.2) is 9.97 Å². The molecule has 0 spiro atoms. The zero-order valence-electron chi connectivity index (χ0n) is 24.8. The number of aromatic nitrogens is 2. The number of hydrogen-bond donors (Lipinski definition) is 0. The normalized spacial score (nSPS) is 24.9. The molecule has 3 heterocycles. The highest BCUT2D eigenvalue weighted by molar-refractivity contribution is 7.72. The monoisotopic (exact) mass is 606 g/mol. The molecule has 8 rings (SSSR count). The number of fused-ring (bicyclic) bond motifs is 1. The van der Waals surface area contributed by atoms with Crippen LogP contribution >= 0.6 is 15.8 Å². The molecule has 4 heteroatoms. The van der Waals surface area contributed by atoms with Gasteiger partial charge in [0.05, 0.1) is 21.9 Å². The molecular weight excluding hydrogens is 570 g/mol. The zero-order chi connectivity index (χ0) is 29.3. The van der Waals surface area contributed by atoms with Crippen LogP contribution in [0.15, 0.2) is 146 Å². The molecule has 0 aliphatic carbocycles. The van der Waals surface area contributed by atoms with Crippen molar-refractivity contribution < 1.29 is 0 Å². The Morgan fingerprint density at radius 2 is 0.591 bits per heavy atom. The van der Waals surface area contributed by atoms with Crippen LogP contribution in [-0.2, 0) is 0 Å². The summed E-state index contributed by atoms with van der Waals surface area (Å²) < 4.78 is 0. The van der Waals surface area contributed by atoms with E-state index in [2.05, 4.69) is 146 Å². The van der Waals surface area contributed by atoms with Crippen LogP contribution in [0.3, 0.4) is 0 Å². The largest absolute Gasteiger partial charge is 0.244 e. The van der Waals surface area contributed by atoms with Gasteiger partial charge >= 0.3 is 0 Å². The van der Waals surface area contributed by atoms with E-state index in [1.54, 1.807) is 0 Å². The second kappa shape index (κ2) is 12.4. The first-order chi connectivity index (χ1) is 21.8. The molecule has 0 bridgehead atoms. The van der Waals surface area contributed by atoms with Crippen molar-refractivity contribution in [1.29, 1.82) is 0 Å². The number of nitrogens with zero attached hydrogens (tertiary/aromatic N) is 2. The van der Waals surface area contributed by atoms with E-state index >= 15 is 0 Å². The predicted molar refractivity (Wildman–Crippen MR) is 188 cm³/mol. The van der Waals surface area contributed by atoms with Crippen LogP contribution in [0.2, 0.25) is 0 Å². The molecule has 0 N–H and O–H groups in total. The van der Waals surface area contributed by atoms with E-state index in [-0.39, 0.29) is 0 Å². The van der Waals surface area contributed by atoms with Crippen LogP contribution in [-0.4, -0.2) is 9.97 Å². The van der Waals surface area contributed by atoms with E-state index in [0.717, 1.165) is 11.0 Å². The summed E-state index contributed by atoms with van der Waals surface area (Å²) in [6, 6.07) is 53.6. The molecule has 2 aliphatic heterocycles. The van der Waals surface area contributed by atoms with Gasteiger partial charge in [-0.3, -0.25) is 0 Å². The number of para-hydroxylation sites is 2. The molecule has 2 aliphatic rings. The fourth-order valence-electron chi connectivity index (χ4n) is 7.55. The van der Waals surface area contributed by atoms with E-state index in [1.807, 2.05) is 0 Å². The Morgan fingerprint density at radius 1 is 0.341 bits per heavy atom. The van der Waals surface area contributed by atoms with Crippen molar-refractivity contribution in [3.8, 4) is 0 Å². The Balaban J connectivity index is 1.37. The summed E-state index contributed by atoms with van der Waals surface area (Å²) in [4.78, 5) is 11.4. The Kier molecular flexibility index (Phi) is 7.81. The van der Waals surface area contributed by atoms with Crippen molar-refractivity contribution in [3.63, 3.8) is 0 Å². The summed E-state index contributed by atoms with van der Waals surface area (Å²) in [6.45, 7) is 0. The average molecular weight is 607 g/mol. The molecule has 0 amide bonds. The second-order valence-electron chi connectivity index (χ2n) is 12.0. The van der Waals surface area contributed by atoms with Gasteiger partial charge in [0.1, 0.15) is 0 Å². The third-order valence-electron chi connectivity index (χ3n) is 9.53. The van der Waals surface area contributed by atoms with Gasteiger partial charge in [-0.1, -0.05) is 133 Å². The predicted octanol–water partition coefficient (Wildman–Crippen LogP) is 10.4. The maximum atomic E-state index is 5.69. The lowest BCUT2D eigenvalue weighted by atomic mass is 10.0. The van der Waals surface area contributed by atoms with Crippen LogP contribution in [0.4, 0.5) is 0 Å². The Hall–Kier alpha value is -3.70. The number of rotatable bonds is 6. The van der Waals surface area contributed by atoms with Gasteiger partial charge in [0.25, 0.3) is 0 Å². The third-order valence-corrected chi connectivity index (χ3v) is 16.2. The maximum absolute atomic E-state index is 5.69. The van der Waals surface area contributed by atoms with Gasteiger partial charge in [0, 0.05) is 22.6 Å². The van der Waals surface area contributed by atoms with Crippen molar-refractivity contribution >= 4 is 37.7 Å². The van der Waals surface area contributed by atoms with Crippen molar-refractivity contribution in [2.75, 3.05) is 0 Å². The summed E-state index contributed by atoms with van der Waals surface area (Å²) in [5.74, 6) is 0. The van der Waals surface area contributed by atoms with Gasteiger partial charge in [0.2, 0.25) is 0 Å². The van der Waals surface area contributed by atoms with E-state index in [0.29, 0.717) is 22.6 Å². The first-order valence-electron chi connectivity index (χ1n) is 15.9. The highest BCUT2D eigenvalue weighted by atomic mass is 31.1. The minimum atomic E-state index is -0.663. The van der Waals surface area contributed by atoms with E-state index in [4.69, 9.17) is 9.97 Å². The second-order valence-corrected chi connectivity index (χ2v) is 17.0. The minimum absolute atomic E-state index is 0.466. The highest BCUT2D eigenvalue weighted by Crippen LogP contribution is 2.73. The highest BCUT2D eigenvalue weighted by Gasteiger charge is 2.46. The minimum Gasteiger partial charge on any atom is -0.244 e. The summed E-state index contributed by atoms with van der Waals surface area (Å²) in [5, 5.41) is 0. The van der Waals surface area contributed by atoms with Gasteiger partial charge in [-0.05, 0) is 75.9 Å². The van der Waals surface area contributed by atoms with Crippen LogP contribution in [0.5, 0.6) is 0 Å². The van der Waals surface area contributed by atoms with Crippen molar-refractivity contribution in [3.05, 3.63) is 168 Å². The number of hydrogen-bond acceptors (Lipinski definition) is 2. The molecular formula is C40H36N2P2. The lowest BCUT2D eigenvalue weighted by molar-refractivity contribution is 0.765. The Labute approximate surface area is 263 Å². The first-order valence-corrected chi connectivity index (χ1v) is 18.8. The topological polar surface area (TPSA) is 25.8 Å². The third kappa shape index (κ3) is 5.19. The quantitative estimate of drug-likeness (QED) is 0.176. The molecule has 2 nitrogen and oxygen atoms in total. The zero-order valence-corrected chi connectivity index (χ0v) is 26.6. The molecule has 6 aromatic rings. The smallest absolute Gasteiger partial charge is 0.0909 e. The molecule has 0 radical (unpaired) electrons. The van der Waals surface area contributed by atoms with Gasteiger partial charge in [-0.2, -0.15) is 0 Å². The summed E-state index contributed by atoms with van der Waals surface area (Å²) in [5.41, 5.74) is 12.4.